The van der Waals surface area contributed by atoms with Crippen molar-refractivity contribution >= 4 is 17.6 Å². The van der Waals surface area contributed by atoms with Gasteiger partial charge in [0, 0.05) is 18.6 Å². The molecule has 8 heteroatoms. The first-order valence-corrected chi connectivity index (χ1v) is 7.30. The van der Waals surface area contributed by atoms with E-state index < -0.39 is 17.1 Å². The summed E-state index contributed by atoms with van der Waals surface area (Å²) in [6, 6.07) is 4.44. The zero-order chi connectivity index (χ0) is 17.0. The van der Waals surface area contributed by atoms with Gasteiger partial charge in [-0.3, -0.25) is 9.78 Å². The van der Waals surface area contributed by atoms with Gasteiger partial charge in [-0.15, -0.1) is 0 Å². The number of pyridine rings is 1. The zero-order valence-electron chi connectivity index (χ0n) is 12.7. The molecule has 7 nitrogen and oxygen atoms in total. The Morgan fingerprint density at radius 3 is 2.83 bits per heavy atom. The minimum Gasteiger partial charge on any atom is -0.384 e. The summed E-state index contributed by atoms with van der Waals surface area (Å²) in [6.45, 7) is 0. The van der Waals surface area contributed by atoms with Crippen LogP contribution in [0.25, 0.3) is 0 Å². The van der Waals surface area contributed by atoms with Crippen LogP contribution in [0.1, 0.15) is 18.5 Å². The summed E-state index contributed by atoms with van der Waals surface area (Å²) in [5, 5.41) is 2.87. The van der Waals surface area contributed by atoms with Crippen LogP contribution >= 0.6 is 0 Å². The van der Waals surface area contributed by atoms with Crippen LogP contribution in [0.2, 0.25) is 0 Å². The molecule has 1 aliphatic rings. The van der Waals surface area contributed by atoms with Gasteiger partial charge in [0.25, 0.3) is 5.91 Å². The van der Waals surface area contributed by atoms with Crippen LogP contribution in [-0.2, 0) is 10.2 Å². The van der Waals surface area contributed by atoms with Crippen LogP contribution in [0.5, 0.6) is 0 Å². The van der Waals surface area contributed by atoms with Crippen LogP contribution in [0.4, 0.5) is 10.2 Å². The monoisotopic (exact) mass is 326 g/mol. The molecular weight excluding hydrogens is 311 g/mol. The lowest BCUT2D eigenvalue weighted by molar-refractivity contribution is -0.120. The van der Waals surface area contributed by atoms with E-state index in [1.54, 1.807) is 12.3 Å². The first-order valence-electron chi connectivity index (χ1n) is 7.30. The highest BCUT2D eigenvalue weighted by atomic mass is 19.1. The minimum atomic E-state index is -0.982. The van der Waals surface area contributed by atoms with Crippen LogP contribution in [0.3, 0.4) is 0 Å². The van der Waals surface area contributed by atoms with Crippen molar-refractivity contribution in [2.45, 2.75) is 18.3 Å². The first kappa shape index (κ1) is 15.7. The van der Waals surface area contributed by atoms with Crippen molar-refractivity contribution in [2.24, 2.45) is 10.7 Å². The summed E-state index contributed by atoms with van der Waals surface area (Å²) in [7, 11) is 0. The van der Waals surface area contributed by atoms with E-state index in [1.165, 1.54) is 36.9 Å². The molecule has 24 heavy (non-hydrogen) atoms. The van der Waals surface area contributed by atoms with Gasteiger partial charge in [-0.05, 0) is 37.1 Å². The molecule has 1 saturated carbocycles. The third kappa shape index (κ3) is 3.27. The summed E-state index contributed by atoms with van der Waals surface area (Å²) in [5.74, 6) is -0.388. The van der Waals surface area contributed by atoms with Crippen LogP contribution in [-0.4, -0.2) is 26.7 Å². The molecule has 2 aromatic heterocycles. The number of halogens is 1. The number of carbonyl (C=O) groups excluding carboxylic acids is 1. The quantitative estimate of drug-likeness (QED) is 0.638. The van der Waals surface area contributed by atoms with Crippen LogP contribution in [0, 0.1) is 5.82 Å². The summed E-state index contributed by atoms with van der Waals surface area (Å²) < 4.78 is 13.9. The molecular formula is C16H15FN6O. The van der Waals surface area contributed by atoms with Crippen molar-refractivity contribution in [2.75, 3.05) is 5.32 Å². The van der Waals surface area contributed by atoms with E-state index in [9.17, 15) is 9.18 Å². The van der Waals surface area contributed by atoms with Gasteiger partial charge in [0.15, 0.2) is 0 Å². The van der Waals surface area contributed by atoms with E-state index >= 15 is 0 Å². The smallest absolute Gasteiger partial charge is 0.259 e. The predicted octanol–water partition coefficient (Wildman–Crippen LogP) is 1.55. The van der Waals surface area contributed by atoms with Gasteiger partial charge in [-0.2, -0.15) is 4.99 Å². The third-order valence-corrected chi connectivity index (χ3v) is 3.67. The lowest BCUT2D eigenvalue weighted by atomic mass is 10.0. The average molecular weight is 326 g/mol. The molecule has 0 saturated heterocycles. The summed E-state index contributed by atoms with van der Waals surface area (Å²) >= 11 is 0. The maximum atomic E-state index is 13.9. The van der Waals surface area contributed by atoms with E-state index in [1.807, 2.05) is 0 Å². The number of hydrogen-bond acceptors (Lipinski definition) is 5. The summed E-state index contributed by atoms with van der Waals surface area (Å²) in [4.78, 5) is 28.0. The third-order valence-electron chi connectivity index (χ3n) is 3.67. The number of aliphatic imine (C=N–C) groups is 1. The Hall–Kier alpha value is -3.16. The molecule has 3 rings (SSSR count). The van der Waals surface area contributed by atoms with E-state index in [0.717, 1.165) is 0 Å². The highest BCUT2D eigenvalue weighted by Gasteiger charge is 2.54. The molecule has 1 aliphatic carbocycles. The summed E-state index contributed by atoms with van der Waals surface area (Å²) in [5.41, 5.74) is 4.89. The molecule has 0 radical (unpaired) electrons. The Balaban J connectivity index is 1.69. The molecule has 3 N–H and O–H groups in total. The number of nitrogens with zero attached hydrogens (tertiary/aromatic N) is 4. The fraction of sp³-hybridized carbons (Fsp3) is 0.188. The van der Waals surface area contributed by atoms with Gasteiger partial charge in [0.05, 0.1) is 11.1 Å². The maximum Gasteiger partial charge on any atom is 0.259 e. The fourth-order valence-electron chi connectivity index (χ4n) is 2.26. The van der Waals surface area contributed by atoms with Gasteiger partial charge in [0.2, 0.25) is 0 Å². The molecule has 2 aromatic rings. The Labute approximate surface area is 137 Å². The van der Waals surface area contributed by atoms with Gasteiger partial charge < -0.3 is 11.1 Å². The molecule has 0 atom stereocenters. The Bertz CT molecular complexity index is 801. The van der Waals surface area contributed by atoms with E-state index in [4.69, 9.17) is 5.73 Å². The second kappa shape index (κ2) is 6.53. The fourth-order valence-corrected chi connectivity index (χ4v) is 2.26. The van der Waals surface area contributed by atoms with Crippen molar-refractivity contribution in [3.8, 4) is 0 Å². The number of rotatable bonds is 5. The van der Waals surface area contributed by atoms with Crippen molar-refractivity contribution in [3.05, 3.63) is 60.7 Å². The van der Waals surface area contributed by atoms with Crippen LogP contribution < -0.4 is 11.1 Å². The number of carbonyl (C=O) groups is 1. The predicted molar refractivity (Wildman–Crippen MR) is 86.5 cm³/mol. The van der Waals surface area contributed by atoms with E-state index in [-0.39, 0.29) is 11.5 Å². The van der Waals surface area contributed by atoms with Gasteiger partial charge >= 0.3 is 0 Å². The second-order valence-corrected chi connectivity index (χ2v) is 5.33. The number of nitrogens with one attached hydrogen (secondary N) is 1. The van der Waals surface area contributed by atoms with Crippen molar-refractivity contribution < 1.29 is 9.18 Å². The molecule has 0 aromatic carbocycles. The number of nitrogens with two attached hydrogens (primary N) is 1. The van der Waals surface area contributed by atoms with Crippen molar-refractivity contribution in [1.29, 1.82) is 0 Å². The Morgan fingerprint density at radius 1 is 1.33 bits per heavy atom. The topological polar surface area (TPSA) is 106 Å². The van der Waals surface area contributed by atoms with E-state index in [2.05, 4.69) is 25.3 Å². The number of amides is 1. The zero-order valence-corrected chi connectivity index (χ0v) is 12.7. The Morgan fingerprint density at radius 2 is 2.17 bits per heavy atom. The van der Waals surface area contributed by atoms with Gasteiger partial charge in [0.1, 0.15) is 23.8 Å². The standard InChI is InChI=1S/C16H15FN6O/c17-11-2-1-7-21-14(11)16(5-6-16)15(24)23-12(18)3-9-20-13-4-8-19-10-22-13/h1-4,7-10H,5-6H2,(H2,18,23,24)(H,19,20,22)/b9-3-. The minimum absolute atomic E-state index is 0.0178. The number of anilines is 1. The lowest BCUT2D eigenvalue weighted by Gasteiger charge is -2.11. The largest absolute Gasteiger partial charge is 0.384 e. The normalized spacial score (nSPS) is 16.1. The highest BCUT2D eigenvalue weighted by molar-refractivity contribution is 6.04. The van der Waals surface area contributed by atoms with Gasteiger partial charge in [-0.25, -0.2) is 14.4 Å². The number of hydrogen-bond donors (Lipinski definition) is 2. The first-order chi connectivity index (χ1) is 11.6. The maximum absolute atomic E-state index is 13.9. The number of aromatic nitrogens is 3. The summed E-state index contributed by atoms with van der Waals surface area (Å²) in [6.07, 6.45) is 8.42. The lowest BCUT2D eigenvalue weighted by Crippen LogP contribution is -2.24. The molecule has 0 unspecified atom stereocenters. The molecule has 2 heterocycles. The van der Waals surface area contributed by atoms with Crippen molar-refractivity contribution in [3.63, 3.8) is 0 Å². The molecule has 1 fully saturated rings. The molecule has 0 bridgehead atoms. The molecule has 122 valence electrons. The van der Waals surface area contributed by atoms with Crippen molar-refractivity contribution in [1.82, 2.24) is 15.0 Å². The van der Waals surface area contributed by atoms with E-state index in [0.29, 0.717) is 18.7 Å². The SMILES string of the molecule is NC(/C=C\Nc1ccncn1)=NC(=O)C1(c2ncccc2F)CC1. The molecule has 1 amide bonds. The van der Waals surface area contributed by atoms with Crippen LogP contribution in [0.15, 0.2) is 54.2 Å². The number of amidine groups is 1. The molecule has 0 spiro atoms. The highest BCUT2D eigenvalue weighted by Crippen LogP contribution is 2.49. The average Bonchev–Trinajstić information content (AvgIpc) is 3.38. The molecule has 0 aliphatic heterocycles. The van der Waals surface area contributed by atoms with Gasteiger partial charge in [-0.1, -0.05) is 0 Å². The second-order valence-electron chi connectivity index (χ2n) is 5.33. The Kier molecular flexibility index (Phi) is 4.28.